The lowest BCUT2D eigenvalue weighted by atomic mass is 10.2. The maximum Gasteiger partial charge on any atom is 0.0737 e. The molecule has 0 saturated carbocycles. The van der Waals surface area contributed by atoms with Gasteiger partial charge in [-0.3, -0.25) is 9.97 Å². The van der Waals surface area contributed by atoms with Crippen molar-refractivity contribution in [1.82, 2.24) is 9.97 Å². The molecule has 0 aliphatic carbocycles. The van der Waals surface area contributed by atoms with Gasteiger partial charge in [0.1, 0.15) is 0 Å². The predicted molar refractivity (Wildman–Crippen MR) is 118 cm³/mol. The monoisotopic (exact) mass is 418 g/mol. The van der Waals surface area contributed by atoms with Crippen LogP contribution in [0.25, 0.3) is 21.8 Å². The second kappa shape index (κ2) is 8.61. The molecule has 0 unspecified atom stereocenters. The molecule has 0 spiro atoms. The number of aromatic nitrogens is 2. The Balaban J connectivity index is 0.00000210. The SMILES string of the molecule is Cl.Clc1ccc2c(NCCNc3ccnc4cc(Cl)ccc34)ccnc2c1. The molecule has 138 valence electrons. The number of nitrogens with one attached hydrogen (secondary N) is 2. The van der Waals surface area contributed by atoms with Crippen LogP contribution in [0.1, 0.15) is 0 Å². The molecule has 0 saturated heterocycles. The topological polar surface area (TPSA) is 49.8 Å². The van der Waals surface area contributed by atoms with E-state index in [-0.39, 0.29) is 12.4 Å². The number of rotatable bonds is 5. The quantitative estimate of drug-likeness (QED) is 0.387. The first-order valence-corrected chi connectivity index (χ1v) is 9.02. The van der Waals surface area contributed by atoms with Crippen molar-refractivity contribution >= 4 is 68.8 Å². The van der Waals surface area contributed by atoms with E-state index in [1.54, 1.807) is 12.4 Å². The van der Waals surface area contributed by atoms with Crippen LogP contribution in [0.5, 0.6) is 0 Å². The Labute approximate surface area is 173 Å². The molecule has 0 aliphatic rings. The van der Waals surface area contributed by atoms with Crippen molar-refractivity contribution in [1.29, 1.82) is 0 Å². The number of halogens is 3. The van der Waals surface area contributed by atoms with Gasteiger partial charge in [-0.25, -0.2) is 0 Å². The van der Waals surface area contributed by atoms with Crippen molar-refractivity contribution in [3.63, 3.8) is 0 Å². The van der Waals surface area contributed by atoms with Gasteiger partial charge in [-0.05, 0) is 48.5 Å². The Morgan fingerprint density at radius 1 is 0.667 bits per heavy atom. The summed E-state index contributed by atoms with van der Waals surface area (Å²) < 4.78 is 0. The van der Waals surface area contributed by atoms with E-state index in [9.17, 15) is 0 Å². The fourth-order valence-electron chi connectivity index (χ4n) is 2.95. The molecule has 2 heterocycles. The minimum atomic E-state index is 0. The van der Waals surface area contributed by atoms with Crippen molar-refractivity contribution in [3.05, 3.63) is 71.0 Å². The summed E-state index contributed by atoms with van der Waals surface area (Å²) in [6.07, 6.45) is 3.57. The third-order valence-electron chi connectivity index (χ3n) is 4.17. The molecule has 2 aromatic carbocycles. The van der Waals surface area contributed by atoms with Crippen molar-refractivity contribution in [2.45, 2.75) is 0 Å². The fourth-order valence-corrected chi connectivity index (χ4v) is 3.28. The van der Waals surface area contributed by atoms with Crippen LogP contribution in [0.4, 0.5) is 11.4 Å². The van der Waals surface area contributed by atoms with Gasteiger partial charge < -0.3 is 10.6 Å². The van der Waals surface area contributed by atoms with Gasteiger partial charge in [-0.1, -0.05) is 23.2 Å². The summed E-state index contributed by atoms with van der Waals surface area (Å²) in [5, 5.41) is 10.4. The maximum atomic E-state index is 6.04. The first-order chi connectivity index (χ1) is 12.7. The molecule has 0 radical (unpaired) electrons. The van der Waals surface area contributed by atoms with E-state index >= 15 is 0 Å². The smallest absolute Gasteiger partial charge is 0.0737 e. The highest BCUT2D eigenvalue weighted by molar-refractivity contribution is 6.31. The average molecular weight is 420 g/mol. The Kier molecular flexibility index (Phi) is 6.22. The van der Waals surface area contributed by atoms with Gasteiger partial charge in [0.15, 0.2) is 0 Å². The largest absolute Gasteiger partial charge is 0.383 e. The van der Waals surface area contributed by atoms with E-state index in [1.165, 1.54) is 0 Å². The summed E-state index contributed by atoms with van der Waals surface area (Å²) >= 11 is 12.1. The highest BCUT2D eigenvalue weighted by atomic mass is 35.5. The lowest BCUT2D eigenvalue weighted by molar-refractivity contribution is 1.08. The molecule has 27 heavy (non-hydrogen) atoms. The summed E-state index contributed by atoms with van der Waals surface area (Å²) in [4.78, 5) is 8.72. The summed E-state index contributed by atoms with van der Waals surface area (Å²) in [5.41, 5.74) is 3.85. The van der Waals surface area contributed by atoms with Crippen LogP contribution in [0.2, 0.25) is 10.0 Å². The molecule has 4 nitrogen and oxygen atoms in total. The number of fused-ring (bicyclic) bond motifs is 2. The van der Waals surface area contributed by atoms with Crippen molar-refractivity contribution in [3.8, 4) is 0 Å². The van der Waals surface area contributed by atoms with Crippen LogP contribution >= 0.6 is 35.6 Å². The normalized spacial score (nSPS) is 10.6. The molecule has 0 bridgehead atoms. The lowest BCUT2D eigenvalue weighted by Gasteiger charge is -2.12. The Morgan fingerprint density at radius 2 is 1.11 bits per heavy atom. The van der Waals surface area contributed by atoms with Crippen molar-refractivity contribution in [2.75, 3.05) is 23.7 Å². The van der Waals surface area contributed by atoms with Gasteiger partial charge in [0.2, 0.25) is 0 Å². The summed E-state index contributed by atoms with van der Waals surface area (Å²) in [6, 6.07) is 15.4. The lowest BCUT2D eigenvalue weighted by Crippen LogP contribution is -2.14. The molecule has 0 atom stereocenters. The molecule has 0 aliphatic heterocycles. The number of anilines is 2. The molecule has 0 amide bonds. The van der Waals surface area contributed by atoms with E-state index < -0.39 is 0 Å². The van der Waals surface area contributed by atoms with Crippen LogP contribution < -0.4 is 10.6 Å². The molecule has 0 fully saturated rings. The van der Waals surface area contributed by atoms with Gasteiger partial charge >= 0.3 is 0 Å². The zero-order chi connectivity index (χ0) is 17.9. The predicted octanol–water partition coefficient (Wildman–Crippen LogP) is 6.04. The second-order valence-electron chi connectivity index (χ2n) is 5.89. The molecule has 2 N–H and O–H groups in total. The van der Waals surface area contributed by atoms with E-state index in [4.69, 9.17) is 23.2 Å². The van der Waals surface area contributed by atoms with Gasteiger partial charge in [0.05, 0.1) is 11.0 Å². The van der Waals surface area contributed by atoms with Gasteiger partial charge in [-0.15, -0.1) is 12.4 Å². The Bertz CT molecular complexity index is 998. The third-order valence-corrected chi connectivity index (χ3v) is 4.64. The molecule has 7 heteroatoms. The highest BCUT2D eigenvalue weighted by Gasteiger charge is 2.04. The fraction of sp³-hybridized carbons (Fsp3) is 0.100. The zero-order valence-electron chi connectivity index (χ0n) is 14.2. The standard InChI is InChI=1S/C20H16Cl2N4.ClH/c21-13-1-3-15-17(5-7-23-19(15)11-13)25-9-10-26-18-6-8-24-20-12-14(22)2-4-16(18)20;/h1-8,11-12H,9-10H2,(H,23,25)(H,24,26);1H. The first-order valence-electron chi connectivity index (χ1n) is 8.27. The number of hydrogen-bond donors (Lipinski definition) is 2. The summed E-state index contributed by atoms with van der Waals surface area (Å²) in [6.45, 7) is 1.53. The number of hydrogen-bond acceptors (Lipinski definition) is 4. The molecular weight excluding hydrogens is 403 g/mol. The van der Waals surface area contributed by atoms with Crippen LogP contribution in [-0.4, -0.2) is 23.1 Å². The molecule has 4 rings (SSSR count). The van der Waals surface area contributed by atoms with Gasteiger partial charge in [-0.2, -0.15) is 0 Å². The Morgan fingerprint density at radius 3 is 1.56 bits per heavy atom. The zero-order valence-corrected chi connectivity index (χ0v) is 16.6. The molecule has 4 aromatic rings. The van der Waals surface area contributed by atoms with Crippen LogP contribution in [-0.2, 0) is 0 Å². The molecule has 2 aromatic heterocycles. The summed E-state index contributed by atoms with van der Waals surface area (Å²) in [7, 11) is 0. The third kappa shape index (κ3) is 4.35. The van der Waals surface area contributed by atoms with E-state index in [0.29, 0.717) is 10.0 Å². The van der Waals surface area contributed by atoms with Crippen LogP contribution in [0.15, 0.2) is 60.9 Å². The van der Waals surface area contributed by atoms with Gasteiger partial charge in [0, 0.05) is 57.7 Å². The van der Waals surface area contributed by atoms with E-state index in [2.05, 4.69) is 20.6 Å². The van der Waals surface area contributed by atoms with E-state index in [0.717, 1.165) is 46.3 Å². The molecular formula is C20H17Cl3N4. The Hall–Kier alpha value is -2.27. The first kappa shape index (κ1) is 19.5. The minimum Gasteiger partial charge on any atom is -0.383 e. The van der Waals surface area contributed by atoms with Crippen molar-refractivity contribution < 1.29 is 0 Å². The van der Waals surface area contributed by atoms with Crippen molar-refractivity contribution in [2.24, 2.45) is 0 Å². The van der Waals surface area contributed by atoms with Crippen LogP contribution in [0, 0.1) is 0 Å². The minimum absolute atomic E-state index is 0. The van der Waals surface area contributed by atoms with Gasteiger partial charge in [0.25, 0.3) is 0 Å². The number of nitrogens with zero attached hydrogens (tertiary/aromatic N) is 2. The maximum absolute atomic E-state index is 6.04. The summed E-state index contributed by atoms with van der Waals surface area (Å²) in [5.74, 6) is 0. The second-order valence-corrected chi connectivity index (χ2v) is 6.77. The number of pyridine rings is 2. The number of benzene rings is 2. The highest BCUT2D eigenvalue weighted by Crippen LogP contribution is 2.25. The average Bonchev–Trinajstić information content (AvgIpc) is 2.64. The van der Waals surface area contributed by atoms with Crippen LogP contribution in [0.3, 0.4) is 0 Å². The van der Waals surface area contributed by atoms with E-state index in [1.807, 2.05) is 48.5 Å².